The molecule has 0 amide bonds. The first kappa shape index (κ1) is 13.4. The van der Waals surface area contributed by atoms with Gasteiger partial charge in [-0.3, -0.25) is 0 Å². The number of para-hydroxylation sites is 1. The van der Waals surface area contributed by atoms with E-state index in [2.05, 4.69) is 30.1 Å². The first-order chi connectivity index (χ1) is 9.31. The van der Waals surface area contributed by atoms with E-state index in [1.54, 1.807) is 0 Å². The summed E-state index contributed by atoms with van der Waals surface area (Å²) in [4.78, 5) is 3.19. The molecule has 0 aliphatic carbocycles. The zero-order valence-electron chi connectivity index (χ0n) is 11.1. The van der Waals surface area contributed by atoms with E-state index in [0.717, 1.165) is 6.42 Å². The Morgan fingerprint density at radius 3 is 2.32 bits per heavy atom. The van der Waals surface area contributed by atoms with Gasteiger partial charge < -0.3 is 10.1 Å². The van der Waals surface area contributed by atoms with Crippen molar-refractivity contribution in [2.75, 3.05) is 6.61 Å². The maximum absolute atomic E-state index is 8.52. The van der Waals surface area contributed by atoms with E-state index in [4.69, 9.17) is 5.11 Å². The van der Waals surface area contributed by atoms with Crippen LogP contribution < -0.4 is 0 Å². The van der Waals surface area contributed by atoms with Gasteiger partial charge in [-0.05, 0) is 30.5 Å². The molecular formula is C17H19NO. The van der Waals surface area contributed by atoms with E-state index in [-0.39, 0.29) is 6.61 Å². The Morgan fingerprint density at radius 2 is 1.63 bits per heavy atom. The van der Waals surface area contributed by atoms with E-state index >= 15 is 0 Å². The fraction of sp³-hybridized carbons (Fsp3) is 0.176. The summed E-state index contributed by atoms with van der Waals surface area (Å²) in [5, 5.41) is 9.84. The second-order valence-electron chi connectivity index (χ2n) is 4.48. The molecule has 1 heterocycles. The molecule has 2 N–H and O–H groups in total. The van der Waals surface area contributed by atoms with Crippen LogP contribution in [0.3, 0.4) is 0 Å². The van der Waals surface area contributed by atoms with Gasteiger partial charge in [0.15, 0.2) is 0 Å². The van der Waals surface area contributed by atoms with Crippen LogP contribution in [-0.4, -0.2) is 16.7 Å². The zero-order valence-corrected chi connectivity index (χ0v) is 11.1. The Hall–Kier alpha value is -2.06. The largest absolute Gasteiger partial charge is 0.396 e. The smallest absolute Gasteiger partial charge is 0.0471 e. The number of nitrogens with one attached hydrogen (secondary N) is 1. The summed E-state index contributed by atoms with van der Waals surface area (Å²) in [6, 6.07) is 18.3. The van der Waals surface area contributed by atoms with Gasteiger partial charge in [0, 0.05) is 23.7 Å². The molecule has 0 unspecified atom stereocenters. The Bertz CT molecular complexity index is 613. The van der Waals surface area contributed by atoms with Crippen LogP contribution in [-0.2, 0) is 6.42 Å². The number of rotatable bonds is 2. The van der Waals surface area contributed by atoms with Crippen LogP contribution in [0.1, 0.15) is 11.1 Å². The first-order valence-corrected chi connectivity index (χ1v) is 6.49. The van der Waals surface area contributed by atoms with Crippen molar-refractivity contribution in [3.63, 3.8) is 0 Å². The highest BCUT2D eigenvalue weighted by molar-refractivity contribution is 5.82. The van der Waals surface area contributed by atoms with Crippen LogP contribution in [0.5, 0.6) is 0 Å². The number of aliphatic hydroxyl groups is 1. The molecule has 3 aromatic rings. The number of H-pyrrole nitrogens is 1. The molecule has 0 atom stereocenters. The van der Waals surface area contributed by atoms with Crippen molar-refractivity contribution in [2.45, 2.75) is 13.3 Å². The molecule has 2 aromatic carbocycles. The van der Waals surface area contributed by atoms with Crippen LogP contribution in [0.4, 0.5) is 0 Å². The lowest BCUT2D eigenvalue weighted by molar-refractivity contribution is 0.299. The average molecular weight is 253 g/mol. The minimum absolute atomic E-state index is 0.240. The molecule has 98 valence electrons. The SMILES string of the molecule is Cc1c[nH]c2ccccc12.OCCc1ccccc1. The number of aliphatic hydroxyl groups excluding tert-OH is 1. The molecule has 0 radical (unpaired) electrons. The molecule has 2 nitrogen and oxygen atoms in total. The van der Waals surface area contributed by atoms with E-state index in [9.17, 15) is 0 Å². The maximum Gasteiger partial charge on any atom is 0.0471 e. The van der Waals surface area contributed by atoms with Gasteiger partial charge in [-0.15, -0.1) is 0 Å². The molecular weight excluding hydrogens is 234 g/mol. The predicted octanol–water partition coefficient (Wildman–Crippen LogP) is 3.70. The molecule has 0 aliphatic heterocycles. The van der Waals surface area contributed by atoms with Crippen molar-refractivity contribution < 1.29 is 5.11 Å². The van der Waals surface area contributed by atoms with Crippen LogP contribution in [0, 0.1) is 6.92 Å². The Morgan fingerprint density at radius 1 is 0.947 bits per heavy atom. The summed E-state index contributed by atoms with van der Waals surface area (Å²) in [7, 11) is 0. The number of aryl methyl sites for hydroxylation is 1. The first-order valence-electron chi connectivity index (χ1n) is 6.49. The third kappa shape index (κ3) is 3.70. The number of benzene rings is 2. The summed E-state index contributed by atoms with van der Waals surface area (Å²) in [6.07, 6.45) is 2.80. The lowest BCUT2D eigenvalue weighted by Crippen LogP contribution is -1.88. The van der Waals surface area contributed by atoms with Gasteiger partial charge in [0.2, 0.25) is 0 Å². The minimum Gasteiger partial charge on any atom is -0.396 e. The van der Waals surface area contributed by atoms with Crippen molar-refractivity contribution in [2.24, 2.45) is 0 Å². The highest BCUT2D eigenvalue weighted by Crippen LogP contribution is 2.15. The maximum atomic E-state index is 8.52. The van der Waals surface area contributed by atoms with Crippen molar-refractivity contribution >= 4 is 10.9 Å². The van der Waals surface area contributed by atoms with E-state index in [1.165, 1.54) is 22.0 Å². The third-order valence-corrected chi connectivity index (χ3v) is 3.04. The third-order valence-electron chi connectivity index (χ3n) is 3.04. The molecule has 0 bridgehead atoms. The summed E-state index contributed by atoms with van der Waals surface area (Å²) in [6.45, 7) is 2.35. The predicted molar refractivity (Wildman–Crippen MR) is 80.3 cm³/mol. The number of aromatic amines is 1. The molecule has 0 saturated carbocycles. The number of hydrogen-bond acceptors (Lipinski definition) is 1. The fourth-order valence-electron chi connectivity index (χ4n) is 1.99. The molecule has 0 saturated heterocycles. The van der Waals surface area contributed by atoms with Crippen LogP contribution >= 0.6 is 0 Å². The fourth-order valence-corrected chi connectivity index (χ4v) is 1.99. The number of hydrogen-bond donors (Lipinski definition) is 2. The van der Waals surface area contributed by atoms with E-state index < -0.39 is 0 Å². The number of fused-ring (bicyclic) bond motifs is 1. The van der Waals surface area contributed by atoms with Gasteiger partial charge in [-0.2, -0.15) is 0 Å². The van der Waals surface area contributed by atoms with Crippen LogP contribution in [0.15, 0.2) is 60.8 Å². The summed E-state index contributed by atoms with van der Waals surface area (Å²) < 4.78 is 0. The van der Waals surface area contributed by atoms with E-state index in [0.29, 0.717) is 0 Å². The van der Waals surface area contributed by atoms with Gasteiger partial charge >= 0.3 is 0 Å². The monoisotopic (exact) mass is 253 g/mol. The van der Waals surface area contributed by atoms with Crippen molar-refractivity contribution in [1.29, 1.82) is 0 Å². The topological polar surface area (TPSA) is 36.0 Å². The Kier molecular flexibility index (Phi) is 4.76. The van der Waals surface area contributed by atoms with Gasteiger partial charge in [-0.1, -0.05) is 48.5 Å². The normalized spacial score (nSPS) is 10.0. The second kappa shape index (κ2) is 6.76. The van der Waals surface area contributed by atoms with Gasteiger partial charge in [0.05, 0.1) is 0 Å². The van der Waals surface area contributed by atoms with Gasteiger partial charge in [0.25, 0.3) is 0 Å². The molecule has 19 heavy (non-hydrogen) atoms. The summed E-state index contributed by atoms with van der Waals surface area (Å²) in [5.41, 5.74) is 3.73. The zero-order chi connectivity index (χ0) is 13.5. The van der Waals surface area contributed by atoms with Gasteiger partial charge in [-0.25, -0.2) is 0 Å². The van der Waals surface area contributed by atoms with E-state index in [1.807, 2.05) is 42.6 Å². The van der Waals surface area contributed by atoms with Crippen LogP contribution in [0.25, 0.3) is 10.9 Å². The highest BCUT2D eigenvalue weighted by atomic mass is 16.2. The van der Waals surface area contributed by atoms with Crippen molar-refractivity contribution in [3.05, 3.63) is 71.9 Å². The highest BCUT2D eigenvalue weighted by Gasteiger charge is 1.94. The molecule has 0 aliphatic rings. The van der Waals surface area contributed by atoms with Crippen molar-refractivity contribution in [1.82, 2.24) is 4.98 Å². The summed E-state index contributed by atoms with van der Waals surface area (Å²) >= 11 is 0. The quantitative estimate of drug-likeness (QED) is 0.717. The Balaban J connectivity index is 0.000000141. The van der Waals surface area contributed by atoms with Crippen LogP contribution in [0.2, 0.25) is 0 Å². The second-order valence-corrected chi connectivity index (χ2v) is 4.48. The lowest BCUT2D eigenvalue weighted by Gasteiger charge is -1.93. The Labute approximate surface area is 113 Å². The lowest BCUT2D eigenvalue weighted by atomic mass is 10.2. The average Bonchev–Trinajstić information content (AvgIpc) is 2.84. The molecule has 0 spiro atoms. The van der Waals surface area contributed by atoms with Gasteiger partial charge in [0.1, 0.15) is 0 Å². The minimum atomic E-state index is 0.240. The summed E-state index contributed by atoms with van der Waals surface area (Å²) in [5.74, 6) is 0. The molecule has 0 fully saturated rings. The molecule has 1 aromatic heterocycles. The van der Waals surface area contributed by atoms with Crippen molar-refractivity contribution in [3.8, 4) is 0 Å². The molecule has 3 rings (SSSR count). The standard InChI is InChI=1S/C9H9N.C8H10O/c1-7-6-10-9-5-3-2-4-8(7)9;9-7-6-8-4-2-1-3-5-8/h2-6,10H,1H3;1-5,9H,6-7H2. The number of aromatic nitrogens is 1. The molecule has 2 heteroatoms.